The predicted molar refractivity (Wildman–Crippen MR) is 120 cm³/mol. The first-order valence-electron chi connectivity index (χ1n) is 10.4. The molecule has 0 unspecified atom stereocenters. The Kier molecular flexibility index (Phi) is 4.54. The van der Waals surface area contributed by atoms with Gasteiger partial charge in [0.1, 0.15) is 22.5 Å². The van der Waals surface area contributed by atoms with Gasteiger partial charge in [-0.15, -0.1) is 0 Å². The van der Waals surface area contributed by atoms with E-state index in [9.17, 15) is 9.18 Å². The van der Waals surface area contributed by atoms with Crippen LogP contribution in [0.2, 0.25) is 0 Å². The van der Waals surface area contributed by atoms with Crippen molar-refractivity contribution < 1.29 is 4.39 Å². The molecule has 0 N–H and O–H groups in total. The first-order valence-corrected chi connectivity index (χ1v) is 10.4. The Hall–Kier alpha value is -3.61. The van der Waals surface area contributed by atoms with Gasteiger partial charge < -0.3 is 4.57 Å². The molecule has 156 valence electrons. The van der Waals surface area contributed by atoms with E-state index in [0.29, 0.717) is 34.6 Å². The Labute approximate surface area is 178 Å². The number of halogens is 1. The number of aromatic nitrogens is 5. The molecule has 7 heteroatoms. The van der Waals surface area contributed by atoms with E-state index in [-0.39, 0.29) is 17.4 Å². The summed E-state index contributed by atoms with van der Waals surface area (Å²) in [6.07, 6.45) is 0.816. The van der Waals surface area contributed by atoms with Gasteiger partial charge in [-0.1, -0.05) is 31.2 Å². The van der Waals surface area contributed by atoms with Crippen LogP contribution in [0.4, 0.5) is 4.39 Å². The van der Waals surface area contributed by atoms with Crippen LogP contribution in [0.15, 0.2) is 53.3 Å². The number of aryl methyl sites for hydroxylation is 1. The van der Waals surface area contributed by atoms with Crippen molar-refractivity contribution in [2.75, 3.05) is 0 Å². The van der Waals surface area contributed by atoms with Crippen LogP contribution in [0.3, 0.4) is 0 Å². The largest absolute Gasteiger partial charge is 0.304 e. The molecule has 1 atom stereocenters. The van der Waals surface area contributed by atoms with Crippen LogP contribution in [0, 0.1) is 12.7 Å². The van der Waals surface area contributed by atoms with E-state index in [1.165, 1.54) is 12.1 Å². The van der Waals surface area contributed by atoms with Gasteiger partial charge in [0.05, 0.1) is 17.6 Å². The fourth-order valence-electron chi connectivity index (χ4n) is 4.10. The van der Waals surface area contributed by atoms with E-state index >= 15 is 0 Å². The molecular weight excluding hydrogens is 393 g/mol. The van der Waals surface area contributed by atoms with E-state index < -0.39 is 0 Å². The maximum atomic E-state index is 13.6. The van der Waals surface area contributed by atoms with Crippen LogP contribution in [0.5, 0.6) is 0 Å². The lowest BCUT2D eigenvalue weighted by molar-refractivity contribution is 0.496. The van der Waals surface area contributed by atoms with Crippen molar-refractivity contribution in [3.05, 3.63) is 76.1 Å². The van der Waals surface area contributed by atoms with Gasteiger partial charge in [0.15, 0.2) is 11.3 Å². The van der Waals surface area contributed by atoms with Gasteiger partial charge >= 0.3 is 0 Å². The monoisotopic (exact) mass is 415 g/mol. The third kappa shape index (κ3) is 3.08. The zero-order chi connectivity index (χ0) is 21.7. The lowest BCUT2D eigenvalue weighted by Crippen LogP contribution is -2.26. The van der Waals surface area contributed by atoms with Crippen molar-refractivity contribution in [2.24, 2.45) is 0 Å². The Morgan fingerprint density at radius 2 is 1.65 bits per heavy atom. The molecule has 0 bridgehead atoms. The standard InChI is InChI=1S/C24H22FN5O/c1-4-14(2)30-15(3)26-22-20(24(30)31)21-23(28-19-8-6-5-7-18(19)27-21)29(22)13-16-9-11-17(25)12-10-16/h5-12,14H,4,13H2,1-3H3/t14-/m1/s1. The molecule has 0 aliphatic heterocycles. The minimum atomic E-state index is -0.290. The number of hydrogen-bond donors (Lipinski definition) is 0. The second-order valence-corrected chi connectivity index (χ2v) is 7.89. The van der Waals surface area contributed by atoms with E-state index in [4.69, 9.17) is 15.0 Å². The molecule has 3 aromatic heterocycles. The molecule has 0 aliphatic rings. The molecule has 5 rings (SSSR count). The summed E-state index contributed by atoms with van der Waals surface area (Å²) in [5, 5.41) is 0.473. The van der Waals surface area contributed by atoms with Crippen LogP contribution in [0.1, 0.15) is 37.7 Å². The van der Waals surface area contributed by atoms with E-state index in [1.807, 2.05) is 49.6 Å². The second kappa shape index (κ2) is 7.27. The molecule has 0 saturated heterocycles. The highest BCUT2D eigenvalue weighted by atomic mass is 19.1. The smallest absolute Gasteiger partial charge is 0.265 e. The number of nitrogens with zero attached hydrogens (tertiary/aromatic N) is 5. The van der Waals surface area contributed by atoms with Gasteiger partial charge in [0.2, 0.25) is 0 Å². The molecule has 31 heavy (non-hydrogen) atoms. The minimum absolute atomic E-state index is 0.0216. The average molecular weight is 415 g/mol. The molecule has 0 aliphatic carbocycles. The first-order chi connectivity index (χ1) is 15.0. The summed E-state index contributed by atoms with van der Waals surface area (Å²) < 4.78 is 17.1. The van der Waals surface area contributed by atoms with Crippen molar-refractivity contribution in [3.8, 4) is 0 Å². The first kappa shape index (κ1) is 19.4. The summed E-state index contributed by atoms with van der Waals surface area (Å²) in [4.78, 5) is 28.1. The van der Waals surface area contributed by atoms with Gasteiger partial charge in [-0.25, -0.2) is 19.3 Å². The summed E-state index contributed by atoms with van der Waals surface area (Å²) >= 11 is 0. The van der Waals surface area contributed by atoms with Crippen molar-refractivity contribution in [1.82, 2.24) is 24.1 Å². The SMILES string of the molecule is CC[C@@H](C)n1c(C)nc2c(c1=O)c1nc3ccccc3nc1n2Cc1ccc(F)cc1. The number of rotatable bonds is 4. The second-order valence-electron chi connectivity index (χ2n) is 7.89. The molecule has 0 fully saturated rings. The summed E-state index contributed by atoms with van der Waals surface area (Å²) in [6, 6.07) is 13.9. The summed E-state index contributed by atoms with van der Waals surface area (Å²) in [5.74, 6) is 0.363. The molecule has 2 aromatic carbocycles. The minimum Gasteiger partial charge on any atom is -0.304 e. The van der Waals surface area contributed by atoms with Gasteiger partial charge in [0.25, 0.3) is 5.56 Å². The van der Waals surface area contributed by atoms with Gasteiger partial charge in [-0.3, -0.25) is 9.36 Å². The van der Waals surface area contributed by atoms with Gasteiger partial charge in [-0.05, 0) is 50.1 Å². The zero-order valence-electron chi connectivity index (χ0n) is 17.6. The number of para-hydroxylation sites is 2. The maximum absolute atomic E-state index is 13.6. The number of fused-ring (bicyclic) bond motifs is 4. The summed E-state index contributed by atoms with van der Waals surface area (Å²) in [7, 11) is 0. The highest BCUT2D eigenvalue weighted by Gasteiger charge is 2.22. The zero-order valence-corrected chi connectivity index (χ0v) is 17.6. The Balaban J connectivity index is 1.89. The molecule has 6 nitrogen and oxygen atoms in total. The third-order valence-corrected chi connectivity index (χ3v) is 5.86. The average Bonchev–Trinajstić information content (AvgIpc) is 3.05. The molecule has 3 heterocycles. The van der Waals surface area contributed by atoms with Crippen LogP contribution < -0.4 is 5.56 Å². The van der Waals surface area contributed by atoms with Crippen LogP contribution >= 0.6 is 0 Å². The molecule has 0 radical (unpaired) electrons. The quantitative estimate of drug-likeness (QED) is 0.424. The molecule has 0 saturated carbocycles. The van der Waals surface area contributed by atoms with E-state index in [1.54, 1.807) is 16.7 Å². The van der Waals surface area contributed by atoms with Crippen LogP contribution in [-0.4, -0.2) is 24.1 Å². The lowest BCUT2D eigenvalue weighted by Gasteiger charge is -2.16. The van der Waals surface area contributed by atoms with Crippen LogP contribution in [0.25, 0.3) is 33.2 Å². The molecular formula is C24H22FN5O. The molecule has 5 aromatic rings. The predicted octanol–water partition coefficient (Wildman–Crippen LogP) is 4.76. The highest BCUT2D eigenvalue weighted by Crippen LogP contribution is 2.27. The van der Waals surface area contributed by atoms with Crippen molar-refractivity contribution in [1.29, 1.82) is 0 Å². The van der Waals surface area contributed by atoms with Gasteiger partial charge in [-0.2, -0.15) is 0 Å². The fourth-order valence-corrected chi connectivity index (χ4v) is 4.10. The summed E-state index contributed by atoms with van der Waals surface area (Å²) in [6.45, 7) is 6.32. The van der Waals surface area contributed by atoms with Crippen LogP contribution in [-0.2, 0) is 6.54 Å². The Bertz CT molecular complexity index is 1500. The third-order valence-electron chi connectivity index (χ3n) is 5.86. The maximum Gasteiger partial charge on any atom is 0.265 e. The van der Waals surface area contributed by atoms with E-state index in [2.05, 4.69) is 0 Å². The molecule has 0 amide bonds. The lowest BCUT2D eigenvalue weighted by atomic mass is 10.2. The Morgan fingerprint density at radius 3 is 2.32 bits per heavy atom. The number of hydrogen-bond acceptors (Lipinski definition) is 4. The van der Waals surface area contributed by atoms with Crippen molar-refractivity contribution in [2.45, 2.75) is 39.8 Å². The summed E-state index contributed by atoms with van der Waals surface area (Å²) in [5.41, 5.74) is 3.96. The van der Waals surface area contributed by atoms with Crippen molar-refractivity contribution >= 4 is 33.2 Å². The normalized spacial score (nSPS) is 12.8. The van der Waals surface area contributed by atoms with Crippen molar-refractivity contribution in [3.63, 3.8) is 0 Å². The van der Waals surface area contributed by atoms with E-state index in [0.717, 1.165) is 23.0 Å². The van der Waals surface area contributed by atoms with Gasteiger partial charge in [0, 0.05) is 6.04 Å². The highest BCUT2D eigenvalue weighted by molar-refractivity contribution is 6.04. The number of benzene rings is 2. The molecule has 0 spiro atoms. The Morgan fingerprint density at radius 1 is 0.968 bits per heavy atom. The fraction of sp³-hybridized carbons (Fsp3) is 0.250. The topological polar surface area (TPSA) is 65.6 Å².